The Labute approximate surface area is 144 Å². The molecular formula is C19H17NO3S. The van der Waals surface area contributed by atoms with Crippen molar-refractivity contribution in [2.75, 3.05) is 7.11 Å². The molecule has 2 aromatic rings. The number of allylic oxidation sites excluding steroid dienone is 1. The minimum atomic E-state index is -0.262. The van der Waals surface area contributed by atoms with Crippen LogP contribution in [0.2, 0.25) is 0 Å². The topological polar surface area (TPSA) is 59.3 Å². The number of ketones is 1. The standard InChI is InChI=1S/C19H17NO3S/c1-11-4-5-24-19(11)18(21)15(10-20)7-14-9-17-13(6-12(2)23-17)8-16(14)22-3/h4-5,7-9,12H,6H2,1-3H3/b15-7+/t12-/m1/s1. The van der Waals surface area contributed by atoms with Crippen LogP contribution in [-0.4, -0.2) is 19.0 Å². The van der Waals surface area contributed by atoms with Crippen molar-refractivity contribution in [2.45, 2.75) is 26.4 Å². The van der Waals surface area contributed by atoms with Crippen LogP contribution in [0.25, 0.3) is 6.08 Å². The molecule has 0 unspecified atom stereocenters. The lowest BCUT2D eigenvalue weighted by Gasteiger charge is -2.09. The molecule has 0 saturated carbocycles. The molecule has 3 rings (SSSR count). The SMILES string of the molecule is COc1cc2c(cc1/C=C(\C#N)C(=O)c1sccc1C)O[C@H](C)C2. The minimum absolute atomic E-state index is 0.0878. The highest BCUT2D eigenvalue weighted by Gasteiger charge is 2.22. The maximum Gasteiger partial charge on any atom is 0.213 e. The van der Waals surface area contributed by atoms with Crippen LogP contribution in [0.3, 0.4) is 0 Å². The summed E-state index contributed by atoms with van der Waals surface area (Å²) in [6.45, 7) is 3.87. The quantitative estimate of drug-likeness (QED) is 0.476. The van der Waals surface area contributed by atoms with E-state index in [1.807, 2.05) is 43.5 Å². The molecule has 24 heavy (non-hydrogen) atoms. The van der Waals surface area contributed by atoms with Crippen molar-refractivity contribution in [1.82, 2.24) is 0 Å². The van der Waals surface area contributed by atoms with Gasteiger partial charge in [0.1, 0.15) is 29.2 Å². The van der Waals surface area contributed by atoms with Crippen molar-refractivity contribution in [3.8, 4) is 17.6 Å². The molecular weight excluding hydrogens is 322 g/mol. The molecule has 0 aliphatic carbocycles. The number of fused-ring (bicyclic) bond motifs is 1. The van der Waals surface area contributed by atoms with Crippen LogP contribution in [-0.2, 0) is 6.42 Å². The van der Waals surface area contributed by atoms with Crippen LogP contribution in [0, 0.1) is 18.3 Å². The lowest BCUT2D eigenvalue weighted by molar-refractivity contribution is 0.104. The largest absolute Gasteiger partial charge is 0.496 e. The summed E-state index contributed by atoms with van der Waals surface area (Å²) < 4.78 is 11.2. The molecule has 1 aromatic carbocycles. The second-order valence-corrected chi connectivity index (χ2v) is 6.68. The van der Waals surface area contributed by atoms with Gasteiger partial charge in [0.15, 0.2) is 0 Å². The van der Waals surface area contributed by atoms with Gasteiger partial charge in [-0.1, -0.05) is 0 Å². The van der Waals surface area contributed by atoms with Gasteiger partial charge in [0.2, 0.25) is 5.78 Å². The molecule has 122 valence electrons. The minimum Gasteiger partial charge on any atom is -0.496 e. The molecule has 1 atom stereocenters. The van der Waals surface area contributed by atoms with Crippen molar-refractivity contribution in [2.24, 2.45) is 0 Å². The van der Waals surface area contributed by atoms with E-state index >= 15 is 0 Å². The molecule has 0 bridgehead atoms. The van der Waals surface area contributed by atoms with Gasteiger partial charge in [0.25, 0.3) is 0 Å². The van der Waals surface area contributed by atoms with Crippen molar-refractivity contribution >= 4 is 23.2 Å². The third-order valence-corrected chi connectivity index (χ3v) is 5.00. The molecule has 0 spiro atoms. The van der Waals surface area contributed by atoms with Crippen LogP contribution in [0.1, 0.15) is 33.3 Å². The van der Waals surface area contributed by atoms with E-state index < -0.39 is 0 Å². The van der Waals surface area contributed by atoms with Crippen molar-refractivity contribution < 1.29 is 14.3 Å². The van der Waals surface area contributed by atoms with Crippen LogP contribution >= 0.6 is 11.3 Å². The smallest absolute Gasteiger partial charge is 0.213 e. The zero-order valence-corrected chi connectivity index (χ0v) is 14.6. The lowest BCUT2D eigenvalue weighted by atomic mass is 10.0. The van der Waals surface area contributed by atoms with Gasteiger partial charge < -0.3 is 9.47 Å². The number of ether oxygens (including phenoxy) is 2. The highest BCUT2D eigenvalue weighted by atomic mass is 32.1. The first-order chi connectivity index (χ1) is 11.5. The molecule has 1 aliphatic rings. The normalized spacial score (nSPS) is 16.2. The predicted molar refractivity (Wildman–Crippen MR) is 93.8 cm³/mol. The number of hydrogen-bond donors (Lipinski definition) is 0. The fourth-order valence-electron chi connectivity index (χ4n) is 2.78. The van der Waals surface area contributed by atoms with Crippen molar-refractivity contribution in [3.63, 3.8) is 0 Å². The predicted octanol–water partition coefficient (Wildman–Crippen LogP) is 4.18. The zero-order chi connectivity index (χ0) is 17.3. The van der Waals surface area contributed by atoms with Gasteiger partial charge in [0.05, 0.1) is 12.0 Å². The fourth-order valence-corrected chi connectivity index (χ4v) is 3.66. The number of methoxy groups -OCH3 is 1. The number of rotatable bonds is 4. The van der Waals surface area contributed by atoms with E-state index in [2.05, 4.69) is 0 Å². The summed E-state index contributed by atoms with van der Waals surface area (Å²) in [4.78, 5) is 13.2. The molecule has 0 saturated heterocycles. The first-order valence-electron chi connectivity index (χ1n) is 7.61. The van der Waals surface area contributed by atoms with Gasteiger partial charge in [-0.3, -0.25) is 4.79 Å². The summed E-state index contributed by atoms with van der Waals surface area (Å²) in [6, 6.07) is 7.64. The maximum absolute atomic E-state index is 12.6. The number of aryl methyl sites for hydroxylation is 1. The average Bonchev–Trinajstić information content (AvgIpc) is 3.15. The second kappa shape index (κ2) is 6.50. The molecule has 2 heterocycles. The number of nitriles is 1. The van der Waals surface area contributed by atoms with Crippen LogP contribution < -0.4 is 9.47 Å². The zero-order valence-electron chi connectivity index (χ0n) is 13.8. The molecule has 1 aliphatic heterocycles. The molecule has 5 heteroatoms. The maximum atomic E-state index is 12.6. The summed E-state index contributed by atoms with van der Waals surface area (Å²) in [5, 5.41) is 11.3. The van der Waals surface area contributed by atoms with E-state index in [-0.39, 0.29) is 17.5 Å². The van der Waals surface area contributed by atoms with E-state index in [1.165, 1.54) is 11.3 Å². The number of thiophene rings is 1. The number of Topliss-reactive ketones (excluding diaryl/α,β-unsaturated/α-hetero) is 1. The number of carbonyl (C=O) groups excluding carboxylic acids is 1. The van der Waals surface area contributed by atoms with Crippen LogP contribution in [0.5, 0.6) is 11.5 Å². The molecule has 0 N–H and O–H groups in total. The highest BCUT2D eigenvalue weighted by Crippen LogP contribution is 2.36. The summed E-state index contributed by atoms with van der Waals surface area (Å²) in [7, 11) is 1.58. The first kappa shape index (κ1) is 16.3. The Bertz CT molecular complexity index is 873. The van der Waals surface area contributed by atoms with Gasteiger partial charge in [-0.2, -0.15) is 5.26 Å². The van der Waals surface area contributed by atoms with Crippen LogP contribution in [0.15, 0.2) is 29.2 Å². The van der Waals surface area contributed by atoms with Gasteiger partial charge in [-0.25, -0.2) is 0 Å². The Balaban J connectivity index is 2.03. The van der Waals surface area contributed by atoms with E-state index in [1.54, 1.807) is 13.2 Å². The number of nitrogens with zero attached hydrogens (tertiary/aromatic N) is 1. The molecule has 4 nitrogen and oxygen atoms in total. The first-order valence-corrected chi connectivity index (χ1v) is 8.49. The number of carbonyl (C=O) groups is 1. The van der Waals surface area contributed by atoms with Gasteiger partial charge in [0, 0.05) is 17.5 Å². The lowest BCUT2D eigenvalue weighted by Crippen LogP contribution is -2.05. The van der Waals surface area contributed by atoms with Gasteiger partial charge >= 0.3 is 0 Å². The molecule has 0 amide bonds. The van der Waals surface area contributed by atoms with Gasteiger partial charge in [-0.15, -0.1) is 11.3 Å². The van der Waals surface area contributed by atoms with Gasteiger partial charge in [-0.05, 0) is 49.1 Å². The van der Waals surface area contributed by atoms with E-state index in [9.17, 15) is 10.1 Å². The van der Waals surface area contributed by atoms with Crippen molar-refractivity contribution in [1.29, 1.82) is 5.26 Å². The van der Waals surface area contributed by atoms with E-state index in [0.717, 1.165) is 23.3 Å². The van der Waals surface area contributed by atoms with E-state index in [0.29, 0.717) is 16.2 Å². The average molecular weight is 339 g/mol. The highest BCUT2D eigenvalue weighted by molar-refractivity contribution is 7.12. The fraction of sp³-hybridized carbons (Fsp3) is 0.263. The Hall–Kier alpha value is -2.58. The van der Waals surface area contributed by atoms with Crippen LogP contribution in [0.4, 0.5) is 0 Å². The summed E-state index contributed by atoms with van der Waals surface area (Å²) in [5.41, 5.74) is 2.72. The van der Waals surface area contributed by atoms with E-state index in [4.69, 9.17) is 9.47 Å². The summed E-state index contributed by atoms with van der Waals surface area (Å²) in [6.07, 6.45) is 2.52. The Kier molecular flexibility index (Phi) is 4.41. The summed E-state index contributed by atoms with van der Waals surface area (Å²) >= 11 is 1.34. The van der Waals surface area contributed by atoms with Crippen molar-refractivity contribution in [3.05, 3.63) is 50.7 Å². The third kappa shape index (κ3) is 2.93. The monoisotopic (exact) mass is 339 g/mol. The molecule has 1 aromatic heterocycles. The Morgan fingerprint density at radius 3 is 2.92 bits per heavy atom. The second-order valence-electron chi connectivity index (χ2n) is 5.77. The number of benzene rings is 1. The molecule has 0 fully saturated rings. The molecule has 0 radical (unpaired) electrons. The summed E-state index contributed by atoms with van der Waals surface area (Å²) in [5.74, 6) is 1.16. The number of hydrogen-bond acceptors (Lipinski definition) is 5. The third-order valence-electron chi connectivity index (χ3n) is 3.98. The Morgan fingerprint density at radius 2 is 2.29 bits per heavy atom. The Morgan fingerprint density at radius 1 is 1.50 bits per heavy atom.